The van der Waals surface area contributed by atoms with Crippen LogP contribution >= 0.6 is 0 Å². The zero-order chi connectivity index (χ0) is 24.9. The molecule has 5 nitrogen and oxygen atoms in total. The van der Waals surface area contributed by atoms with Crippen molar-refractivity contribution >= 4 is 5.91 Å². The fraction of sp³-hybridized carbons (Fsp3) is 0.567. The highest BCUT2D eigenvalue weighted by Gasteiger charge is 2.49. The molecule has 2 aromatic rings. The van der Waals surface area contributed by atoms with E-state index in [1.807, 2.05) is 43.3 Å². The molecular weight excluding hydrogens is 434 g/mol. The lowest BCUT2D eigenvalue weighted by Gasteiger charge is -2.37. The largest absolute Gasteiger partial charge is 0.395 e. The lowest BCUT2D eigenvalue weighted by Crippen LogP contribution is -2.49. The smallest absolute Gasteiger partial charge is 0.232 e. The number of benzene rings is 2. The summed E-state index contributed by atoms with van der Waals surface area (Å²) in [5.41, 5.74) is 7.43. The first-order valence-corrected chi connectivity index (χ1v) is 13.6. The number of unbranched alkanes of at least 4 members (excludes halogenated alkanes) is 6. The van der Waals surface area contributed by atoms with Crippen molar-refractivity contribution in [3.05, 3.63) is 71.8 Å². The van der Waals surface area contributed by atoms with E-state index in [-0.39, 0.29) is 24.5 Å². The Kier molecular flexibility index (Phi) is 11.2. The van der Waals surface area contributed by atoms with Gasteiger partial charge in [0.25, 0.3) is 0 Å². The predicted octanol–water partition coefficient (Wildman–Crippen LogP) is 4.48. The summed E-state index contributed by atoms with van der Waals surface area (Å²) in [4.78, 5) is 15.7. The maximum Gasteiger partial charge on any atom is 0.232 e. The second-order valence-corrected chi connectivity index (χ2v) is 10.2. The molecule has 4 N–H and O–H groups in total. The SMILES string of the molecule is C[C@@H](CO)NCCCCCCCCCN1CCC(C(C(N)=O)(c2ccccc2)c2ccccc2)C1. The third-order valence-electron chi connectivity index (χ3n) is 7.65. The fourth-order valence-corrected chi connectivity index (χ4v) is 5.67. The number of hydrogen-bond donors (Lipinski definition) is 3. The number of carbonyl (C=O) groups excluding carboxylic acids is 1. The summed E-state index contributed by atoms with van der Waals surface area (Å²) in [6, 6.07) is 20.5. The van der Waals surface area contributed by atoms with Crippen molar-refractivity contribution in [2.24, 2.45) is 11.7 Å². The number of primary amides is 1. The lowest BCUT2D eigenvalue weighted by molar-refractivity contribution is -0.123. The molecule has 2 aromatic carbocycles. The second-order valence-electron chi connectivity index (χ2n) is 10.2. The van der Waals surface area contributed by atoms with Crippen molar-refractivity contribution in [2.75, 3.05) is 32.8 Å². The Morgan fingerprint density at radius 3 is 2.06 bits per heavy atom. The highest BCUT2D eigenvalue weighted by Crippen LogP contribution is 2.43. The fourth-order valence-electron chi connectivity index (χ4n) is 5.67. The number of nitrogens with one attached hydrogen (secondary N) is 1. The molecule has 0 saturated carbocycles. The van der Waals surface area contributed by atoms with E-state index >= 15 is 0 Å². The van der Waals surface area contributed by atoms with Gasteiger partial charge < -0.3 is 21.1 Å². The Labute approximate surface area is 212 Å². The van der Waals surface area contributed by atoms with E-state index in [1.165, 1.54) is 44.9 Å². The Bertz CT molecular complexity index is 819. The molecule has 5 heteroatoms. The molecule has 2 atom stereocenters. The van der Waals surface area contributed by atoms with E-state index in [4.69, 9.17) is 10.8 Å². The molecule has 1 unspecified atom stereocenters. The van der Waals surface area contributed by atoms with Gasteiger partial charge in [-0.15, -0.1) is 0 Å². The summed E-state index contributed by atoms with van der Waals surface area (Å²) in [6.45, 7) is 6.25. The van der Waals surface area contributed by atoms with Crippen LogP contribution in [0, 0.1) is 5.92 Å². The van der Waals surface area contributed by atoms with Gasteiger partial charge in [-0.1, -0.05) is 92.8 Å². The van der Waals surface area contributed by atoms with Gasteiger partial charge in [0.05, 0.1) is 6.61 Å². The van der Waals surface area contributed by atoms with Gasteiger partial charge in [0, 0.05) is 12.6 Å². The average Bonchev–Trinajstić information content (AvgIpc) is 3.35. The highest BCUT2D eigenvalue weighted by atomic mass is 16.3. The van der Waals surface area contributed by atoms with E-state index < -0.39 is 5.41 Å². The summed E-state index contributed by atoms with van der Waals surface area (Å²) < 4.78 is 0. The quantitative estimate of drug-likeness (QED) is 0.310. The highest BCUT2D eigenvalue weighted by molar-refractivity contribution is 5.91. The Morgan fingerprint density at radius 2 is 1.51 bits per heavy atom. The molecule has 0 bridgehead atoms. The van der Waals surface area contributed by atoms with Crippen LogP contribution in [0.25, 0.3) is 0 Å². The van der Waals surface area contributed by atoms with Gasteiger partial charge in [-0.3, -0.25) is 4.79 Å². The molecule has 1 aliphatic rings. The van der Waals surface area contributed by atoms with Gasteiger partial charge in [-0.25, -0.2) is 0 Å². The van der Waals surface area contributed by atoms with Crippen LogP contribution in [0.5, 0.6) is 0 Å². The number of likely N-dealkylation sites (tertiary alicyclic amines) is 1. The number of aliphatic hydroxyl groups is 1. The maximum atomic E-state index is 13.2. The van der Waals surface area contributed by atoms with Gasteiger partial charge in [0.1, 0.15) is 5.41 Å². The van der Waals surface area contributed by atoms with Crippen molar-refractivity contribution < 1.29 is 9.90 Å². The van der Waals surface area contributed by atoms with Crippen LogP contribution in [0.15, 0.2) is 60.7 Å². The molecule has 1 saturated heterocycles. The zero-order valence-corrected chi connectivity index (χ0v) is 21.5. The minimum Gasteiger partial charge on any atom is -0.395 e. The Balaban J connectivity index is 1.47. The predicted molar refractivity (Wildman–Crippen MR) is 144 cm³/mol. The van der Waals surface area contributed by atoms with Crippen molar-refractivity contribution in [2.45, 2.75) is 69.7 Å². The van der Waals surface area contributed by atoms with Crippen molar-refractivity contribution in [1.82, 2.24) is 10.2 Å². The number of nitrogens with two attached hydrogens (primary N) is 1. The summed E-state index contributed by atoms with van der Waals surface area (Å²) in [7, 11) is 0. The summed E-state index contributed by atoms with van der Waals surface area (Å²) in [5, 5.41) is 12.4. The van der Waals surface area contributed by atoms with Gasteiger partial charge in [0.2, 0.25) is 5.91 Å². The van der Waals surface area contributed by atoms with Crippen molar-refractivity contribution in [3.63, 3.8) is 0 Å². The van der Waals surface area contributed by atoms with Crippen LogP contribution < -0.4 is 11.1 Å². The van der Waals surface area contributed by atoms with Crippen LogP contribution in [-0.2, 0) is 10.2 Å². The van der Waals surface area contributed by atoms with Crippen LogP contribution in [-0.4, -0.2) is 54.7 Å². The standard InChI is InChI=1S/C30H45N3O2/c1-25(24-34)32-20-13-5-3-2-4-6-14-21-33-22-19-28(23-33)30(29(31)35,26-15-9-7-10-16-26)27-17-11-8-12-18-27/h7-12,15-18,25,28,32,34H,2-6,13-14,19-24H2,1H3,(H2,31,35)/t25-,28?/m0/s1. The Morgan fingerprint density at radius 1 is 0.971 bits per heavy atom. The molecule has 1 heterocycles. The summed E-state index contributed by atoms with van der Waals surface area (Å²) >= 11 is 0. The first kappa shape index (κ1) is 27.4. The lowest BCUT2D eigenvalue weighted by atomic mass is 9.64. The molecule has 0 aromatic heterocycles. The molecule has 0 spiro atoms. The monoisotopic (exact) mass is 479 g/mol. The number of rotatable bonds is 16. The van der Waals surface area contributed by atoms with Gasteiger partial charge >= 0.3 is 0 Å². The first-order valence-electron chi connectivity index (χ1n) is 13.6. The second kappa shape index (κ2) is 14.4. The van der Waals surface area contributed by atoms with E-state index in [1.54, 1.807) is 0 Å². The molecular formula is C30H45N3O2. The van der Waals surface area contributed by atoms with Crippen LogP contribution in [0.2, 0.25) is 0 Å². The zero-order valence-electron chi connectivity index (χ0n) is 21.5. The molecule has 1 amide bonds. The number of amides is 1. The minimum atomic E-state index is -0.791. The van der Waals surface area contributed by atoms with Crippen LogP contribution in [0.4, 0.5) is 0 Å². The molecule has 0 aliphatic carbocycles. The number of hydrogen-bond acceptors (Lipinski definition) is 4. The van der Waals surface area contributed by atoms with Gasteiger partial charge in [-0.05, 0) is 62.9 Å². The minimum absolute atomic E-state index is 0.173. The molecule has 35 heavy (non-hydrogen) atoms. The van der Waals surface area contributed by atoms with E-state index in [0.717, 1.165) is 43.7 Å². The normalized spacial score (nSPS) is 17.5. The molecule has 0 radical (unpaired) electrons. The van der Waals surface area contributed by atoms with Crippen LogP contribution in [0.3, 0.4) is 0 Å². The third kappa shape index (κ3) is 7.39. The van der Waals surface area contributed by atoms with Crippen LogP contribution in [0.1, 0.15) is 69.4 Å². The third-order valence-corrected chi connectivity index (χ3v) is 7.65. The average molecular weight is 480 g/mol. The molecule has 3 rings (SSSR count). The van der Waals surface area contributed by atoms with E-state index in [2.05, 4.69) is 34.5 Å². The first-order chi connectivity index (χ1) is 17.1. The van der Waals surface area contributed by atoms with E-state index in [0.29, 0.717) is 0 Å². The van der Waals surface area contributed by atoms with Crippen molar-refractivity contribution in [3.8, 4) is 0 Å². The number of aliphatic hydroxyl groups excluding tert-OH is 1. The number of carbonyl (C=O) groups is 1. The number of nitrogens with zero attached hydrogens (tertiary/aromatic N) is 1. The maximum absolute atomic E-state index is 13.2. The summed E-state index contributed by atoms with van der Waals surface area (Å²) in [5.74, 6) is -0.0743. The Hall–Kier alpha value is -2.21. The summed E-state index contributed by atoms with van der Waals surface area (Å²) in [6.07, 6.45) is 9.77. The van der Waals surface area contributed by atoms with E-state index in [9.17, 15) is 4.79 Å². The molecule has 192 valence electrons. The topological polar surface area (TPSA) is 78.6 Å². The van der Waals surface area contributed by atoms with Crippen molar-refractivity contribution in [1.29, 1.82) is 0 Å². The van der Waals surface area contributed by atoms with Gasteiger partial charge in [-0.2, -0.15) is 0 Å². The van der Waals surface area contributed by atoms with Gasteiger partial charge in [0.15, 0.2) is 0 Å². The molecule has 1 aliphatic heterocycles. The molecule has 1 fully saturated rings.